The summed E-state index contributed by atoms with van der Waals surface area (Å²) >= 11 is 1.72. The lowest BCUT2D eigenvalue weighted by atomic mass is 10.2. The van der Waals surface area contributed by atoms with Gasteiger partial charge in [0.15, 0.2) is 5.82 Å². The Balaban J connectivity index is 2.13. The second kappa shape index (κ2) is 4.00. The molecule has 1 aliphatic rings. The quantitative estimate of drug-likeness (QED) is 0.833. The minimum Gasteiger partial charge on any atom is -0.305 e. The SMILES string of the molecule is Cc1ccc(-c2nc3c(c(=O)[nH]2)CSC3)nc1. The van der Waals surface area contributed by atoms with Crippen molar-refractivity contribution in [1.29, 1.82) is 0 Å². The van der Waals surface area contributed by atoms with E-state index in [0.29, 0.717) is 11.5 Å². The molecule has 0 saturated carbocycles. The van der Waals surface area contributed by atoms with Gasteiger partial charge in [-0.05, 0) is 18.6 Å². The summed E-state index contributed by atoms with van der Waals surface area (Å²) in [6.07, 6.45) is 1.78. The number of pyridine rings is 1. The van der Waals surface area contributed by atoms with Gasteiger partial charge >= 0.3 is 0 Å². The summed E-state index contributed by atoms with van der Waals surface area (Å²) in [6.45, 7) is 1.98. The molecule has 0 aliphatic carbocycles. The van der Waals surface area contributed by atoms with Crippen LogP contribution >= 0.6 is 11.8 Å². The van der Waals surface area contributed by atoms with Crippen molar-refractivity contribution < 1.29 is 0 Å². The fraction of sp³-hybridized carbons (Fsp3) is 0.250. The molecular weight excluding hydrogens is 234 g/mol. The molecule has 0 unspecified atom stereocenters. The van der Waals surface area contributed by atoms with Crippen molar-refractivity contribution in [3.63, 3.8) is 0 Å². The van der Waals surface area contributed by atoms with Crippen LogP contribution in [-0.2, 0) is 11.5 Å². The molecule has 1 aliphatic heterocycles. The third-order valence-corrected chi connectivity index (χ3v) is 3.71. The second-order valence-electron chi connectivity index (χ2n) is 4.05. The van der Waals surface area contributed by atoms with Crippen LogP contribution in [0.1, 0.15) is 16.8 Å². The number of rotatable bonds is 1. The highest BCUT2D eigenvalue weighted by Gasteiger charge is 2.18. The molecule has 0 fully saturated rings. The Morgan fingerprint density at radius 1 is 1.35 bits per heavy atom. The second-order valence-corrected chi connectivity index (χ2v) is 5.04. The number of H-pyrrole nitrogens is 1. The van der Waals surface area contributed by atoms with Gasteiger partial charge in [0.1, 0.15) is 5.69 Å². The van der Waals surface area contributed by atoms with Crippen molar-refractivity contribution in [3.05, 3.63) is 45.5 Å². The summed E-state index contributed by atoms with van der Waals surface area (Å²) in [5, 5.41) is 0. The zero-order chi connectivity index (χ0) is 11.8. The number of hydrogen-bond acceptors (Lipinski definition) is 4. The third-order valence-electron chi connectivity index (χ3n) is 2.74. The molecule has 4 nitrogen and oxygen atoms in total. The standard InChI is InChI=1S/C12H11N3OS/c1-7-2-3-9(13-4-7)11-14-10-6-17-5-8(10)12(16)15-11/h2-4H,5-6H2,1H3,(H,14,15,16). The van der Waals surface area contributed by atoms with Crippen LogP contribution in [0, 0.1) is 6.92 Å². The molecular formula is C12H11N3OS. The van der Waals surface area contributed by atoms with Gasteiger partial charge in [-0.2, -0.15) is 11.8 Å². The van der Waals surface area contributed by atoms with E-state index in [9.17, 15) is 4.79 Å². The monoisotopic (exact) mass is 245 g/mol. The van der Waals surface area contributed by atoms with E-state index >= 15 is 0 Å². The highest BCUT2D eigenvalue weighted by atomic mass is 32.2. The molecule has 0 aromatic carbocycles. The van der Waals surface area contributed by atoms with Crippen molar-refractivity contribution in [2.24, 2.45) is 0 Å². The van der Waals surface area contributed by atoms with Crippen LogP contribution in [0.2, 0.25) is 0 Å². The van der Waals surface area contributed by atoms with Gasteiger partial charge in [-0.15, -0.1) is 0 Å². The Hall–Kier alpha value is -1.62. The van der Waals surface area contributed by atoms with Crippen molar-refractivity contribution >= 4 is 11.8 Å². The number of aromatic nitrogens is 3. The number of nitrogens with zero attached hydrogens (tertiary/aromatic N) is 2. The fourth-order valence-electron chi connectivity index (χ4n) is 1.79. The molecule has 5 heteroatoms. The minimum atomic E-state index is -0.0302. The lowest BCUT2D eigenvalue weighted by Crippen LogP contribution is -2.15. The Labute approximate surface area is 103 Å². The van der Waals surface area contributed by atoms with Crippen LogP contribution in [-0.4, -0.2) is 15.0 Å². The van der Waals surface area contributed by atoms with E-state index < -0.39 is 0 Å². The number of thioether (sulfide) groups is 1. The summed E-state index contributed by atoms with van der Waals surface area (Å²) in [4.78, 5) is 23.4. The fourth-order valence-corrected chi connectivity index (χ4v) is 2.83. The normalized spacial score (nSPS) is 13.7. The Morgan fingerprint density at radius 2 is 2.24 bits per heavy atom. The minimum absolute atomic E-state index is 0.0302. The van der Waals surface area contributed by atoms with Gasteiger partial charge in [-0.1, -0.05) is 6.07 Å². The van der Waals surface area contributed by atoms with Gasteiger partial charge in [0.05, 0.1) is 5.69 Å². The Kier molecular flexibility index (Phi) is 2.48. The van der Waals surface area contributed by atoms with E-state index in [0.717, 1.165) is 28.3 Å². The molecule has 86 valence electrons. The van der Waals surface area contributed by atoms with Gasteiger partial charge in [0.25, 0.3) is 5.56 Å². The van der Waals surface area contributed by atoms with Gasteiger partial charge in [0, 0.05) is 23.3 Å². The van der Waals surface area contributed by atoms with Crippen LogP contribution < -0.4 is 5.56 Å². The van der Waals surface area contributed by atoms with Crippen molar-refractivity contribution in [1.82, 2.24) is 15.0 Å². The lowest BCUT2D eigenvalue weighted by molar-refractivity contribution is 1.02. The summed E-state index contributed by atoms with van der Waals surface area (Å²) in [7, 11) is 0. The molecule has 17 heavy (non-hydrogen) atoms. The van der Waals surface area contributed by atoms with Crippen molar-refractivity contribution in [3.8, 4) is 11.5 Å². The maximum atomic E-state index is 11.8. The first kappa shape index (κ1) is 10.5. The lowest BCUT2D eigenvalue weighted by Gasteiger charge is -2.03. The molecule has 0 saturated heterocycles. The van der Waals surface area contributed by atoms with E-state index in [1.165, 1.54) is 0 Å². The van der Waals surface area contributed by atoms with Gasteiger partial charge in [-0.25, -0.2) is 4.98 Å². The molecule has 0 radical (unpaired) electrons. The van der Waals surface area contributed by atoms with Crippen LogP contribution in [0.25, 0.3) is 11.5 Å². The van der Waals surface area contributed by atoms with Crippen LogP contribution in [0.5, 0.6) is 0 Å². The molecule has 2 aromatic rings. The molecule has 2 aromatic heterocycles. The summed E-state index contributed by atoms with van der Waals surface area (Å²) in [5.41, 5.74) is 3.49. The van der Waals surface area contributed by atoms with Gasteiger partial charge < -0.3 is 4.98 Å². The largest absolute Gasteiger partial charge is 0.305 e. The predicted molar refractivity (Wildman–Crippen MR) is 67.8 cm³/mol. The summed E-state index contributed by atoms with van der Waals surface area (Å²) < 4.78 is 0. The van der Waals surface area contributed by atoms with Gasteiger partial charge in [-0.3, -0.25) is 9.78 Å². The number of aromatic amines is 1. The zero-order valence-electron chi connectivity index (χ0n) is 9.36. The Bertz CT molecular complexity index is 619. The Morgan fingerprint density at radius 3 is 3.00 bits per heavy atom. The predicted octanol–water partition coefficient (Wildman–Crippen LogP) is 1.89. The maximum absolute atomic E-state index is 11.8. The smallest absolute Gasteiger partial charge is 0.255 e. The van der Waals surface area contributed by atoms with E-state index in [4.69, 9.17) is 0 Å². The third kappa shape index (κ3) is 1.86. The topological polar surface area (TPSA) is 58.6 Å². The first-order chi connectivity index (χ1) is 8.24. The first-order valence-corrected chi connectivity index (χ1v) is 6.52. The summed E-state index contributed by atoms with van der Waals surface area (Å²) in [5.74, 6) is 2.15. The highest BCUT2D eigenvalue weighted by Crippen LogP contribution is 2.26. The molecule has 0 bridgehead atoms. The number of aryl methyl sites for hydroxylation is 1. The molecule has 0 atom stereocenters. The van der Waals surface area contributed by atoms with Crippen molar-refractivity contribution in [2.75, 3.05) is 0 Å². The highest BCUT2D eigenvalue weighted by molar-refractivity contribution is 7.98. The average Bonchev–Trinajstić information content (AvgIpc) is 2.78. The van der Waals surface area contributed by atoms with Crippen LogP contribution in [0.15, 0.2) is 23.1 Å². The zero-order valence-corrected chi connectivity index (χ0v) is 10.2. The van der Waals surface area contributed by atoms with Crippen LogP contribution in [0.3, 0.4) is 0 Å². The van der Waals surface area contributed by atoms with E-state index in [1.54, 1.807) is 18.0 Å². The maximum Gasteiger partial charge on any atom is 0.255 e. The molecule has 0 spiro atoms. The van der Waals surface area contributed by atoms with E-state index in [1.807, 2.05) is 19.1 Å². The van der Waals surface area contributed by atoms with Crippen molar-refractivity contribution in [2.45, 2.75) is 18.4 Å². The molecule has 3 heterocycles. The van der Waals surface area contributed by atoms with Gasteiger partial charge in [0.2, 0.25) is 0 Å². The summed E-state index contributed by atoms with van der Waals surface area (Å²) in [6, 6.07) is 3.84. The molecule has 1 N–H and O–H groups in total. The average molecular weight is 245 g/mol. The van der Waals surface area contributed by atoms with E-state index in [2.05, 4.69) is 15.0 Å². The van der Waals surface area contributed by atoms with E-state index in [-0.39, 0.29) is 5.56 Å². The number of nitrogens with one attached hydrogen (secondary N) is 1. The molecule has 3 rings (SSSR count). The number of fused-ring (bicyclic) bond motifs is 1. The number of hydrogen-bond donors (Lipinski definition) is 1. The van der Waals surface area contributed by atoms with Crippen LogP contribution in [0.4, 0.5) is 0 Å². The molecule has 0 amide bonds. The first-order valence-electron chi connectivity index (χ1n) is 5.37.